The molecule has 8 heteroatoms. The van der Waals surface area contributed by atoms with Gasteiger partial charge in [-0.2, -0.15) is 5.10 Å². The van der Waals surface area contributed by atoms with E-state index < -0.39 is 0 Å². The Balaban J connectivity index is 1.55. The van der Waals surface area contributed by atoms with Gasteiger partial charge in [-0.25, -0.2) is 5.43 Å². The van der Waals surface area contributed by atoms with Crippen LogP contribution in [0.2, 0.25) is 0 Å². The number of aryl methyl sites for hydroxylation is 1. The number of carbonyl (C=O) groups is 1. The van der Waals surface area contributed by atoms with E-state index in [-0.39, 0.29) is 5.91 Å². The minimum Gasteiger partial charge on any atom is -0.496 e. The molecule has 3 aromatic rings. The van der Waals surface area contributed by atoms with Crippen LogP contribution in [0.25, 0.3) is 0 Å². The van der Waals surface area contributed by atoms with E-state index in [4.69, 9.17) is 4.74 Å². The largest absolute Gasteiger partial charge is 0.496 e. The third kappa shape index (κ3) is 4.95. The molecule has 0 fully saturated rings. The van der Waals surface area contributed by atoms with Crippen molar-refractivity contribution >= 4 is 23.9 Å². The van der Waals surface area contributed by atoms with Gasteiger partial charge in [0.2, 0.25) is 0 Å². The second-order valence-electron chi connectivity index (χ2n) is 5.65. The van der Waals surface area contributed by atoms with Crippen molar-refractivity contribution in [1.29, 1.82) is 0 Å². The summed E-state index contributed by atoms with van der Waals surface area (Å²) in [5.41, 5.74) is 4.95. The molecular formula is C19H19N5O2S. The van der Waals surface area contributed by atoms with Gasteiger partial charge in [-0.15, -0.1) is 10.2 Å². The summed E-state index contributed by atoms with van der Waals surface area (Å²) in [5, 5.41) is 12.7. The fourth-order valence-corrected chi connectivity index (χ4v) is 3.15. The molecule has 0 aliphatic rings. The first kappa shape index (κ1) is 18.7. The molecule has 0 radical (unpaired) electrons. The van der Waals surface area contributed by atoms with Gasteiger partial charge in [0, 0.05) is 23.9 Å². The minimum absolute atomic E-state index is 0.270. The maximum atomic E-state index is 12.2. The Bertz CT molecular complexity index is 937. The molecule has 1 N–H and O–H groups in total. The number of carbonyl (C=O) groups excluding carboxylic acids is 1. The Morgan fingerprint density at radius 1 is 1.26 bits per heavy atom. The number of benzene rings is 2. The van der Waals surface area contributed by atoms with Crippen LogP contribution in [0.4, 0.5) is 0 Å². The van der Waals surface area contributed by atoms with Crippen molar-refractivity contribution in [2.75, 3.05) is 7.11 Å². The SMILES string of the molecule is COc1ccccc1/C=N/NC(=O)c1ccc(CSc2nncn2C)cc1. The van der Waals surface area contributed by atoms with Crippen molar-refractivity contribution in [2.45, 2.75) is 10.9 Å². The molecule has 27 heavy (non-hydrogen) atoms. The second-order valence-corrected chi connectivity index (χ2v) is 6.59. The molecule has 0 saturated carbocycles. The maximum Gasteiger partial charge on any atom is 0.271 e. The summed E-state index contributed by atoms with van der Waals surface area (Å²) in [6, 6.07) is 14.8. The van der Waals surface area contributed by atoms with Crippen LogP contribution in [0.3, 0.4) is 0 Å². The summed E-state index contributed by atoms with van der Waals surface area (Å²) in [5.74, 6) is 1.18. The summed E-state index contributed by atoms with van der Waals surface area (Å²) in [7, 11) is 3.50. The molecule has 0 atom stereocenters. The van der Waals surface area contributed by atoms with E-state index >= 15 is 0 Å². The van der Waals surface area contributed by atoms with E-state index in [1.54, 1.807) is 43.5 Å². The number of aromatic nitrogens is 3. The van der Waals surface area contributed by atoms with Crippen molar-refractivity contribution in [3.63, 3.8) is 0 Å². The van der Waals surface area contributed by atoms with Gasteiger partial charge in [0.25, 0.3) is 5.91 Å². The molecule has 0 saturated heterocycles. The molecular weight excluding hydrogens is 362 g/mol. The monoisotopic (exact) mass is 381 g/mol. The van der Waals surface area contributed by atoms with Gasteiger partial charge in [-0.1, -0.05) is 36.0 Å². The Morgan fingerprint density at radius 3 is 2.74 bits per heavy atom. The van der Waals surface area contributed by atoms with Crippen molar-refractivity contribution in [3.8, 4) is 5.75 Å². The smallest absolute Gasteiger partial charge is 0.271 e. The van der Waals surface area contributed by atoms with E-state index in [2.05, 4.69) is 20.7 Å². The lowest BCUT2D eigenvalue weighted by Gasteiger charge is -2.04. The molecule has 3 rings (SSSR count). The topological polar surface area (TPSA) is 81.4 Å². The van der Waals surface area contributed by atoms with Gasteiger partial charge in [-0.3, -0.25) is 4.79 Å². The van der Waals surface area contributed by atoms with Crippen molar-refractivity contribution in [3.05, 3.63) is 71.5 Å². The summed E-state index contributed by atoms with van der Waals surface area (Å²) in [6.45, 7) is 0. The molecule has 138 valence electrons. The predicted octanol–water partition coefficient (Wildman–Crippen LogP) is 2.88. The molecule has 1 aromatic heterocycles. The molecule has 7 nitrogen and oxygen atoms in total. The Morgan fingerprint density at radius 2 is 2.04 bits per heavy atom. The van der Waals surface area contributed by atoms with E-state index in [0.717, 1.165) is 22.0 Å². The third-order valence-corrected chi connectivity index (χ3v) is 4.87. The summed E-state index contributed by atoms with van der Waals surface area (Å²) < 4.78 is 7.11. The first-order chi connectivity index (χ1) is 13.2. The highest BCUT2D eigenvalue weighted by molar-refractivity contribution is 7.98. The quantitative estimate of drug-likeness (QED) is 0.387. The van der Waals surface area contributed by atoms with E-state index in [1.807, 2.05) is 48.0 Å². The van der Waals surface area contributed by atoms with Gasteiger partial charge >= 0.3 is 0 Å². The van der Waals surface area contributed by atoms with Gasteiger partial charge in [-0.05, 0) is 29.8 Å². The molecule has 0 spiro atoms. The molecule has 0 unspecified atom stereocenters. The maximum absolute atomic E-state index is 12.2. The van der Waals surface area contributed by atoms with Crippen LogP contribution in [0.5, 0.6) is 5.75 Å². The fourth-order valence-electron chi connectivity index (χ4n) is 2.30. The number of nitrogens with one attached hydrogen (secondary N) is 1. The van der Waals surface area contributed by atoms with Crippen LogP contribution in [0.15, 0.2) is 65.1 Å². The number of rotatable bonds is 7. The Hall–Kier alpha value is -3.13. The van der Waals surface area contributed by atoms with E-state index in [0.29, 0.717) is 11.3 Å². The first-order valence-corrected chi connectivity index (χ1v) is 9.18. The van der Waals surface area contributed by atoms with Crippen LogP contribution >= 0.6 is 11.8 Å². The minimum atomic E-state index is -0.270. The highest BCUT2D eigenvalue weighted by Crippen LogP contribution is 2.20. The average molecular weight is 381 g/mol. The zero-order valence-corrected chi connectivity index (χ0v) is 15.8. The lowest BCUT2D eigenvalue weighted by atomic mass is 10.1. The molecule has 1 amide bonds. The zero-order chi connectivity index (χ0) is 19.1. The van der Waals surface area contributed by atoms with Crippen LogP contribution in [0, 0.1) is 0 Å². The third-order valence-electron chi connectivity index (χ3n) is 3.76. The van der Waals surface area contributed by atoms with Gasteiger partial charge in [0.15, 0.2) is 5.16 Å². The number of nitrogens with zero attached hydrogens (tertiary/aromatic N) is 4. The zero-order valence-electron chi connectivity index (χ0n) is 15.0. The fraction of sp³-hybridized carbons (Fsp3) is 0.158. The standard InChI is InChI=1S/C19H19N5O2S/c1-24-13-21-23-19(24)27-12-14-7-9-15(10-8-14)18(25)22-20-11-16-5-3-4-6-17(16)26-2/h3-11,13H,12H2,1-2H3,(H,22,25)/b20-11+. The lowest BCUT2D eigenvalue weighted by Crippen LogP contribution is -2.17. The number of hydrogen-bond donors (Lipinski definition) is 1. The highest BCUT2D eigenvalue weighted by atomic mass is 32.2. The number of methoxy groups -OCH3 is 1. The van der Waals surface area contributed by atoms with Gasteiger partial charge in [0.1, 0.15) is 12.1 Å². The second kappa shape index (κ2) is 9.00. The Labute approximate surface area is 161 Å². The Kier molecular flexibility index (Phi) is 6.22. The highest BCUT2D eigenvalue weighted by Gasteiger charge is 2.06. The number of amides is 1. The lowest BCUT2D eigenvalue weighted by molar-refractivity contribution is 0.0955. The van der Waals surface area contributed by atoms with E-state index in [1.165, 1.54) is 0 Å². The summed E-state index contributed by atoms with van der Waals surface area (Å²) in [6.07, 6.45) is 3.23. The molecule has 2 aromatic carbocycles. The molecule has 0 aliphatic carbocycles. The van der Waals surface area contributed by atoms with Crippen LogP contribution in [-0.2, 0) is 12.8 Å². The number of para-hydroxylation sites is 1. The van der Waals surface area contributed by atoms with Crippen LogP contribution in [-0.4, -0.2) is 34.0 Å². The number of ether oxygens (including phenoxy) is 1. The van der Waals surface area contributed by atoms with E-state index in [9.17, 15) is 4.79 Å². The number of thioether (sulfide) groups is 1. The summed E-state index contributed by atoms with van der Waals surface area (Å²) >= 11 is 1.59. The van der Waals surface area contributed by atoms with Crippen molar-refractivity contribution in [2.24, 2.45) is 12.1 Å². The summed E-state index contributed by atoms with van der Waals surface area (Å²) in [4.78, 5) is 12.2. The first-order valence-electron chi connectivity index (χ1n) is 8.19. The average Bonchev–Trinajstić information content (AvgIpc) is 3.12. The van der Waals surface area contributed by atoms with Crippen LogP contribution < -0.4 is 10.2 Å². The van der Waals surface area contributed by atoms with Crippen molar-refractivity contribution < 1.29 is 9.53 Å². The molecule has 0 aliphatic heterocycles. The number of hydrogen-bond acceptors (Lipinski definition) is 6. The van der Waals surface area contributed by atoms with Gasteiger partial charge in [0.05, 0.1) is 13.3 Å². The van der Waals surface area contributed by atoms with Gasteiger partial charge < -0.3 is 9.30 Å². The van der Waals surface area contributed by atoms with Crippen molar-refractivity contribution in [1.82, 2.24) is 20.2 Å². The molecule has 1 heterocycles. The normalized spacial score (nSPS) is 10.9. The molecule has 0 bridgehead atoms. The van der Waals surface area contributed by atoms with Crippen LogP contribution in [0.1, 0.15) is 21.5 Å². The predicted molar refractivity (Wildman–Crippen MR) is 105 cm³/mol. The number of hydrazone groups is 1.